The van der Waals surface area contributed by atoms with Gasteiger partial charge in [0.2, 0.25) is 11.8 Å². The number of hydrogen-bond acceptors (Lipinski definition) is 0. The van der Waals surface area contributed by atoms with Crippen LogP contribution in [0.2, 0.25) is 0 Å². The molecule has 420 valence electrons. The maximum atomic E-state index is 14.1. The van der Waals surface area contributed by atoms with Crippen molar-refractivity contribution >= 4 is 0 Å². The van der Waals surface area contributed by atoms with Gasteiger partial charge in [-0.2, -0.15) is 0 Å². The van der Waals surface area contributed by atoms with Gasteiger partial charge in [-0.05, 0) is 219 Å². The summed E-state index contributed by atoms with van der Waals surface area (Å²) in [7, 11) is 0. The molecule has 9 aromatic carbocycles. The van der Waals surface area contributed by atoms with E-state index < -0.39 is 24.7 Å². The van der Waals surface area contributed by atoms with E-state index in [-0.39, 0.29) is 16.7 Å². The van der Waals surface area contributed by atoms with Crippen molar-refractivity contribution in [3.05, 3.63) is 316 Å². The zero-order valence-electron chi connectivity index (χ0n) is 50.3. The zero-order valence-corrected chi connectivity index (χ0v) is 50.3. The fraction of sp³-hybridized carbons (Fsp3) is 0.185. The Morgan fingerprint density at radius 3 is 0.788 bits per heavy atom. The summed E-state index contributed by atoms with van der Waals surface area (Å²) in [5, 5.41) is 0. The minimum absolute atomic E-state index is 0.210. The van der Waals surface area contributed by atoms with Crippen molar-refractivity contribution in [1.82, 2.24) is 0 Å². The van der Waals surface area contributed by atoms with E-state index in [1.807, 2.05) is 68.4 Å². The Morgan fingerprint density at radius 2 is 0.482 bits per heavy atom. The summed E-state index contributed by atoms with van der Waals surface area (Å²) >= 11 is 0. The van der Waals surface area contributed by atoms with Crippen molar-refractivity contribution in [2.24, 2.45) is 0 Å². The normalized spacial score (nSPS) is 10.3. The third-order valence-electron chi connectivity index (χ3n) is 13.4. The zero-order chi connectivity index (χ0) is 61.1. The summed E-state index contributed by atoms with van der Waals surface area (Å²) in [6, 6.07) is 61.6. The Labute approximate surface area is 502 Å². The van der Waals surface area contributed by atoms with E-state index in [0.717, 1.165) is 91.7 Å². The summed E-state index contributed by atoms with van der Waals surface area (Å²) in [4.78, 5) is 0. The highest BCUT2D eigenvalue weighted by molar-refractivity contribution is 5.58. The van der Waals surface area contributed by atoms with Gasteiger partial charge in [-0.3, -0.25) is 0 Å². The van der Waals surface area contributed by atoms with Crippen LogP contribution in [0.4, 0.5) is 17.6 Å². The second kappa shape index (κ2) is 29.3. The van der Waals surface area contributed by atoms with Crippen LogP contribution in [0, 0.1) is 133 Å². The van der Waals surface area contributed by atoms with E-state index in [1.54, 1.807) is 0 Å². The molecule has 4 heteroatoms. The molecule has 0 atom stereocenters. The number of rotatable bonds is 4. The van der Waals surface area contributed by atoms with Gasteiger partial charge < -0.3 is 0 Å². The van der Waals surface area contributed by atoms with Gasteiger partial charge in [0.25, 0.3) is 0 Å². The molecule has 85 heavy (non-hydrogen) atoms. The van der Waals surface area contributed by atoms with Crippen LogP contribution in [0.1, 0.15) is 142 Å². The van der Waals surface area contributed by atoms with E-state index >= 15 is 0 Å². The van der Waals surface area contributed by atoms with Gasteiger partial charge in [0.05, 0.1) is 0 Å². The Hall–Kier alpha value is -9.94. The number of alkyl halides is 4. The molecule has 9 aromatic rings. The lowest BCUT2D eigenvalue weighted by Gasteiger charge is -2.18. The number of halogens is 4. The number of hydrogen-bond donors (Lipinski definition) is 0. The van der Waals surface area contributed by atoms with Gasteiger partial charge in [0.1, 0.15) is 0 Å². The summed E-state index contributed by atoms with van der Waals surface area (Å²) < 4.78 is 56.2. The molecule has 0 unspecified atom stereocenters. The summed E-state index contributed by atoms with van der Waals surface area (Å²) in [6.07, 6.45) is -1.24. The van der Waals surface area contributed by atoms with Crippen LogP contribution in [0.25, 0.3) is 0 Å². The van der Waals surface area contributed by atoms with Crippen LogP contribution in [-0.2, 0) is 12.8 Å². The van der Waals surface area contributed by atoms with E-state index in [9.17, 15) is 17.6 Å². The Balaban J connectivity index is 0.000000185. The number of aryl methyl sites for hydroxylation is 9. The van der Waals surface area contributed by atoms with Crippen LogP contribution in [0.15, 0.2) is 188 Å². The SMILES string of the molecule is Cc1ccc(C#Cc2cc(C)c(C#Cc3ccc(C)cc3)c(C)c2)cc1.Cc1ccc(C#Cc2cc(CC(C)(F)F)c(C#Cc3ccc(C)cc3)c(CC(C)(F)F)c2)cc1.Cc1ccc(C#Cc2ccc(C#Cc3ccc(C)cc3)c(C)c2)cc1. The molecule has 0 spiro atoms. The molecule has 0 radical (unpaired) electrons. The highest BCUT2D eigenvalue weighted by atomic mass is 19.3. The minimum Gasteiger partial charge on any atom is -0.207 e. The third-order valence-corrected chi connectivity index (χ3v) is 13.4. The fourth-order valence-electron chi connectivity index (χ4n) is 8.73. The molecular weight excluding hydrogens is 1050 g/mol. The van der Waals surface area contributed by atoms with Crippen molar-refractivity contribution in [2.75, 3.05) is 0 Å². The Morgan fingerprint density at radius 1 is 0.247 bits per heavy atom. The summed E-state index contributed by atoms with van der Waals surface area (Å²) in [5.41, 5.74) is 21.4. The summed E-state index contributed by atoms with van der Waals surface area (Å²) in [6.45, 7) is 20.1. The van der Waals surface area contributed by atoms with E-state index in [4.69, 9.17) is 0 Å². The second-order valence-corrected chi connectivity index (χ2v) is 21.9. The maximum absolute atomic E-state index is 14.1. The molecule has 0 nitrogen and oxygen atoms in total. The van der Waals surface area contributed by atoms with Crippen LogP contribution >= 0.6 is 0 Å². The molecule has 0 bridgehead atoms. The largest absolute Gasteiger partial charge is 0.249 e. The first-order valence-electron chi connectivity index (χ1n) is 28.1. The minimum atomic E-state index is -3.03. The molecule has 0 aliphatic heterocycles. The van der Waals surface area contributed by atoms with Gasteiger partial charge in [-0.15, -0.1) is 0 Å². The standard InChI is InChI=1S/C30H26F4.C26H22.C25H20/c1-21-5-9-23(10-6-21)13-14-25-17-26(19-29(3,31)32)28(27(18-25)20-30(4,33)34)16-15-24-11-7-22(2)8-12-24;1-19-5-9-23(10-6-19)13-14-25-17-21(3)26(22(4)18-25)16-15-24-11-7-20(2)8-12-24;1-19-4-8-22(9-5-19)12-13-24-15-17-25(21(3)18-24)16-14-23-10-6-20(2)7-11-23/h5-12,17-18H,19-20H2,1-4H3;5-12,17-18H,1-4H3;4-11,15,17-18H,1-3H3. The van der Waals surface area contributed by atoms with Gasteiger partial charge in [0, 0.05) is 79.6 Å². The average molecular weight is 1120 g/mol. The Bertz CT molecular complexity index is 4130. The first-order valence-corrected chi connectivity index (χ1v) is 28.1. The van der Waals surface area contributed by atoms with Gasteiger partial charge >= 0.3 is 0 Å². The summed E-state index contributed by atoms with van der Waals surface area (Å²) in [5.74, 6) is 31.8. The highest BCUT2D eigenvalue weighted by Crippen LogP contribution is 2.29. The molecule has 0 N–H and O–H groups in total. The lowest BCUT2D eigenvalue weighted by molar-refractivity contribution is 0.0217. The third kappa shape index (κ3) is 21.1. The van der Waals surface area contributed by atoms with Crippen molar-refractivity contribution < 1.29 is 17.6 Å². The van der Waals surface area contributed by atoms with Crippen LogP contribution < -0.4 is 0 Å². The van der Waals surface area contributed by atoms with Gasteiger partial charge in [-0.25, -0.2) is 17.6 Å². The molecule has 0 saturated heterocycles. The topological polar surface area (TPSA) is 0 Å². The van der Waals surface area contributed by atoms with Crippen molar-refractivity contribution in [3.8, 4) is 71.0 Å². The molecule has 0 aliphatic rings. The van der Waals surface area contributed by atoms with Crippen LogP contribution in [0.3, 0.4) is 0 Å². The predicted octanol–water partition coefficient (Wildman–Crippen LogP) is 18.6. The molecule has 0 saturated carbocycles. The molecule has 0 amide bonds. The second-order valence-electron chi connectivity index (χ2n) is 21.9. The van der Waals surface area contributed by atoms with E-state index in [1.165, 1.54) is 34.4 Å². The first-order chi connectivity index (χ1) is 40.5. The molecule has 0 heterocycles. The maximum Gasteiger partial charge on any atom is 0.249 e. The quantitative estimate of drug-likeness (QED) is 0.122. The van der Waals surface area contributed by atoms with Gasteiger partial charge in [0.15, 0.2) is 0 Å². The molecular formula is C81H68F4. The fourth-order valence-corrected chi connectivity index (χ4v) is 8.73. The van der Waals surface area contributed by atoms with E-state index in [2.05, 4.69) is 241 Å². The smallest absolute Gasteiger partial charge is 0.207 e. The molecule has 0 fully saturated rings. The number of benzene rings is 9. The molecule has 9 rings (SSSR count). The molecule has 0 aliphatic carbocycles. The van der Waals surface area contributed by atoms with E-state index in [0.29, 0.717) is 11.1 Å². The van der Waals surface area contributed by atoms with Crippen molar-refractivity contribution in [2.45, 2.75) is 101 Å². The van der Waals surface area contributed by atoms with Gasteiger partial charge in [-0.1, -0.05) is 177 Å². The average Bonchev–Trinajstić information content (AvgIpc) is 2.80. The lowest BCUT2D eigenvalue weighted by atomic mass is 9.91. The van der Waals surface area contributed by atoms with Crippen LogP contribution in [0.5, 0.6) is 0 Å². The van der Waals surface area contributed by atoms with Crippen molar-refractivity contribution in [3.63, 3.8) is 0 Å². The highest BCUT2D eigenvalue weighted by Gasteiger charge is 2.28. The lowest BCUT2D eigenvalue weighted by Crippen LogP contribution is -2.18. The predicted molar refractivity (Wildman–Crippen MR) is 345 cm³/mol. The van der Waals surface area contributed by atoms with Crippen LogP contribution in [-0.4, -0.2) is 11.8 Å². The molecule has 0 aromatic heterocycles. The monoisotopic (exact) mass is 1120 g/mol. The van der Waals surface area contributed by atoms with Crippen molar-refractivity contribution in [1.29, 1.82) is 0 Å². The Kier molecular flexibility index (Phi) is 21.6. The first kappa shape index (κ1) is 62.7.